The van der Waals surface area contributed by atoms with E-state index in [9.17, 15) is 13.2 Å². The molecule has 0 amide bonds. The summed E-state index contributed by atoms with van der Waals surface area (Å²) in [6.07, 6.45) is 3.64. The summed E-state index contributed by atoms with van der Waals surface area (Å²) in [5, 5.41) is 0. The van der Waals surface area contributed by atoms with E-state index in [0.717, 1.165) is 15.6 Å². The van der Waals surface area contributed by atoms with Crippen LogP contribution in [0.15, 0.2) is 106 Å². The van der Waals surface area contributed by atoms with Crippen molar-refractivity contribution in [1.82, 2.24) is 4.31 Å². The number of hydrogen-bond donors (Lipinski definition) is 0. The highest BCUT2D eigenvalue weighted by atomic mass is 79.9. The van der Waals surface area contributed by atoms with Gasteiger partial charge in [0, 0.05) is 27.7 Å². The maximum atomic E-state index is 13.4. The highest BCUT2D eigenvalue weighted by Crippen LogP contribution is 2.48. The first kappa shape index (κ1) is 21.7. The molecule has 0 aliphatic carbocycles. The largest absolute Gasteiger partial charge is 0.458 e. The molecule has 1 atom stereocenters. The van der Waals surface area contributed by atoms with Crippen molar-refractivity contribution >= 4 is 37.6 Å². The van der Waals surface area contributed by atoms with Gasteiger partial charge < -0.3 is 4.74 Å². The highest BCUT2D eigenvalue weighted by Gasteiger charge is 2.43. The first-order valence-electron chi connectivity index (χ1n) is 10.5. The van der Waals surface area contributed by atoms with Gasteiger partial charge in [-0.3, -0.25) is 0 Å². The van der Waals surface area contributed by atoms with Crippen LogP contribution in [0.1, 0.15) is 29.0 Å². The summed E-state index contributed by atoms with van der Waals surface area (Å²) in [6, 6.07) is 24.2. The summed E-state index contributed by atoms with van der Waals surface area (Å²) in [7, 11) is -3.80. The maximum Gasteiger partial charge on any atom is 0.332 e. The van der Waals surface area contributed by atoms with Crippen LogP contribution in [-0.2, 0) is 26.2 Å². The van der Waals surface area contributed by atoms with Gasteiger partial charge in [0.05, 0.1) is 10.6 Å². The molecule has 33 heavy (non-hydrogen) atoms. The van der Waals surface area contributed by atoms with Crippen LogP contribution in [0.4, 0.5) is 0 Å². The molecule has 0 fully saturated rings. The molecule has 0 N–H and O–H groups in total. The van der Waals surface area contributed by atoms with E-state index in [2.05, 4.69) is 15.9 Å². The highest BCUT2D eigenvalue weighted by molar-refractivity contribution is 9.10. The number of sulfonamides is 1. The fraction of sp³-hybridized carbons (Fsp3) is 0.115. The fourth-order valence-corrected chi connectivity index (χ4v) is 6.23. The second-order valence-corrected chi connectivity index (χ2v) is 10.6. The number of hydrogen-bond acceptors (Lipinski definition) is 4. The van der Waals surface area contributed by atoms with Crippen LogP contribution in [0.5, 0.6) is 0 Å². The Morgan fingerprint density at radius 2 is 1.70 bits per heavy atom. The van der Waals surface area contributed by atoms with Crippen molar-refractivity contribution in [2.45, 2.75) is 23.8 Å². The number of ether oxygens (including phenoxy) is 1. The number of halogens is 1. The lowest BCUT2D eigenvalue weighted by Gasteiger charge is -2.30. The molecule has 0 saturated heterocycles. The molecule has 0 unspecified atom stereocenters. The lowest BCUT2D eigenvalue weighted by Crippen LogP contribution is -2.28. The Kier molecular flexibility index (Phi) is 5.68. The van der Waals surface area contributed by atoms with Crippen molar-refractivity contribution in [2.24, 2.45) is 0 Å². The topological polar surface area (TPSA) is 63.7 Å². The van der Waals surface area contributed by atoms with E-state index in [4.69, 9.17) is 4.74 Å². The zero-order valence-corrected chi connectivity index (χ0v) is 19.9. The molecule has 2 aliphatic rings. The summed E-state index contributed by atoms with van der Waals surface area (Å²) in [4.78, 5) is 12.9. The molecule has 3 aromatic carbocycles. The van der Waals surface area contributed by atoms with Crippen molar-refractivity contribution in [1.29, 1.82) is 0 Å². The minimum atomic E-state index is -3.80. The van der Waals surface area contributed by atoms with E-state index in [-0.39, 0.29) is 17.4 Å². The summed E-state index contributed by atoms with van der Waals surface area (Å²) in [6.45, 7) is 0.120. The normalized spacial score (nSPS) is 19.5. The Morgan fingerprint density at radius 1 is 1.00 bits per heavy atom. The fourth-order valence-electron chi connectivity index (χ4n) is 4.21. The molecule has 3 aromatic rings. The van der Waals surface area contributed by atoms with E-state index in [0.29, 0.717) is 23.4 Å². The number of esters is 1. The molecule has 2 heterocycles. The van der Waals surface area contributed by atoms with Gasteiger partial charge in [0.25, 0.3) is 10.0 Å². The third kappa shape index (κ3) is 4.14. The van der Waals surface area contributed by atoms with Crippen molar-refractivity contribution < 1.29 is 17.9 Å². The van der Waals surface area contributed by atoms with Crippen LogP contribution in [0, 0.1) is 0 Å². The smallest absolute Gasteiger partial charge is 0.332 e. The second kappa shape index (κ2) is 8.65. The van der Waals surface area contributed by atoms with E-state index in [1.54, 1.807) is 18.2 Å². The number of carbonyl (C=O) groups is 1. The van der Waals surface area contributed by atoms with Gasteiger partial charge in [0.1, 0.15) is 6.61 Å². The van der Waals surface area contributed by atoms with Crippen LogP contribution in [-0.4, -0.2) is 18.7 Å². The van der Waals surface area contributed by atoms with Gasteiger partial charge in [0.15, 0.2) is 0 Å². The van der Waals surface area contributed by atoms with Crippen LogP contribution in [0.25, 0.3) is 5.70 Å². The number of carbonyl (C=O) groups excluding carboxylic acids is 1. The molecule has 0 aromatic heterocycles. The quantitative estimate of drug-likeness (QED) is 0.330. The van der Waals surface area contributed by atoms with Gasteiger partial charge in [-0.1, -0.05) is 82.7 Å². The van der Waals surface area contributed by atoms with Crippen molar-refractivity contribution in [2.75, 3.05) is 0 Å². The second-order valence-electron chi connectivity index (χ2n) is 7.91. The Hall–Kier alpha value is -3.16. The molecule has 166 valence electrons. The molecular formula is C26H20BrNO4S. The number of allylic oxidation sites excluding steroid dienone is 2. The average Bonchev–Trinajstić information content (AvgIpc) is 3.06. The summed E-state index contributed by atoms with van der Waals surface area (Å²) in [5.74, 6) is -0.658. The lowest BCUT2D eigenvalue weighted by atomic mass is 9.89. The predicted octanol–water partition coefficient (Wildman–Crippen LogP) is 5.61. The zero-order valence-electron chi connectivity index (χ0n) is 17.5. The van der Waals surface area contributed by atoms with E-state index < -0.39 is 16.0 Å². The van der Waals surface area contributed by atoms with Crippen molar-refractivity contribution in [3.63, 3.8) is 0 Å². The molecule has 5 rings (SSSR count). The standard InChI is InChI=1S/C26H20BrNO4S/c27-21-12-10-19(11-13-21)20-14-22(16-26(29)32-17-18-6-2-1-3-7-18)28-24(15-20)23-8-4-5-9-25(23)33(28,30)31/h1-13,15-16,20H,14,17H2/b22-16+/t20-/m1/s1. The maximum absolute atomic E-state index is 13.4. The number of rotatable bonds is 4. The summed E-state index contributed by atoms with van der Waals surface area (Å²) in [5.41, 5.74) is 3.52. The van der Waals surface area contributed by atoms with Gasteiger partial charge in [-0.05, 0) is 35.7 Å². The van der Waals surface area contributed by atoms with Gasteiger partial charge in [0.2, 0.25) is 0 Å². The predicted molar refractivity (Wildman–Crippen MR) is 129 cm³/mol. The number of fused-ring (bicyclic) bond motifs is 3. The third-order valence-electron chi connectivity index (χ3n) is 5.76. The minimum Gasteiger partial charge on any atom is -0.458 e. The van der Waals surface area contributed by atoms with Crippen LogP contribution >= 0.6 is 15.9 Å². The van der Waals surface area contributed by atoms with Gasteiger partial charge >= 0.3 is 5.97 Å². The minimum absolute atomic E-state index is 0.0844. The SMILES string of the molecule is O=C(/C=C1\C[C@@H](c2ccc(Br)cc2)C=C2c3ccccc3S(=O)(=O)N21)OCc1ccccc1. The molecular weight excluding hydrogens is 502 g/mol. The number of nitrogens with zero attached hydrogens (tertiary/aromatic N) is 1. The van der Waals surface area contributed by atoms with E-state index >= 15 is 0 Å². The van der Waals surface area contributed by atoms with Crippen LogP contribution in [0.2, 0.25) is 0 Å². The molecule has 2 aliphatic heterocycles. The summed E-state index contributed by atoms with van der Waals surface area (Å²) < 4.78 is 34.4. The third-order valence-corrected chi connectivity index (χ3v) is 8.11. The molecule has 0 bridgehead atoms. The Balaban J connectivity index is 1.53. The molecule has 0 spiro atoms. The molecule has 0 radical (unpaired) electrons. The van der Waals surface area contributed by atoms with Gasteiger partial charge in [-0.15, -0.1) is 0 Å². The monoisotopic (exact) mass is 521 g/mol. The van der Waals surface area contributed by atoms with Crippen molar-refractivity contribution in [3.8, 4) is 0 Å². The van der Waals surface area contributed by atoms with E-state index in [1.807, 2.05) is 66.7 Å². The van der Waals surface area contributed by atoms with Crippen LogP contribution in [0.3, 0.4) is 0 Å². The first-order valence-corrected chi connectivity index (χ1v) is 12.7. The van der Waals surface area contributed by atoms with Crippen molar-refractivity contribution in [3.05, 3.63) is 118 Å². The molecule has 5 nitrogen and oxygen atoms in total. The molecule has 0 saturated carbocycles. The van der Waals surface area contributed by atoms with Gasteiger partial charge in [-0.2, -0.15) is 0 Å². The van der Waals surface area contributed by atoms with Gasteiger partial charge in [-0.25, -0.2) is 17.5 Å². The van der Waals surface area contributed by atoms with E-state index in [1.165, 1.54) is 10.4 Å². The lowest BCUT2D eigenvalue weighted by molar-refractivity contribution is -0.139. The summed E-state index contributed by atoms with van der Waals surface area (Å²) >= 11 is 3.46. The zero-order chi connectivity index (χ0) is 23.0. The van der Waals surface area contributed by atoms with Crippen LogP contribution < -0.4 is 0 Å². The first-order chi connectivity index (χ1) is 15.9. The Bertz CT molecular complexity index is 1380. The average molecular weight is 522 g/mol. The Labute approximate surface area is 201 Å². The number of benzene rings is 3. The molecule has 7 heteroatoms. The Morgan fingerprint density at radius 3 is 2.45 bits per heavy atom.